The van der Waals surface area contributed by atoms with Gasteiger partial charge in [0.25, 0.3) is 0 Å². The smallest absolute Gasteiger partial charge is 0.307 e. The summed E-state index contributed by atoms with van der Waals surface area (Å²) in [5.74, 6) is -1.07. The molecular weight excluding hydrogens is 269 g/mol. The lowest BCUT2D eigenvalue weighted by molar-refractivity contribution is -0.136. The molecule has 4 heteroatoms. The lowest BCUT2D eigenvalue weighted by atomic mass is 10.0. The number of halogens is 1. The first kappa shape index (κ1) is 15.2. The molecule has 0 aliphatic rings. The molecule has 0 aromatic heterocycles. The van der Waals surface area contributed by atoms with Gasteiger partial charge in [-0.2, -0.15) is 0 Å². The van der Waals surface area contributed by atoms with Crippen molar-refractivity contribution in [2.75, 3.05) is 7.05 Å². The number of nitrogens with zero attached hydrogens (tertiary/aromatic N) is 1. The Morgan fingerprint density at radius 3 is 2.29 bits per heavy atom. The van der Waals surface area contributed by atoms with Gasteiger partial charge in [0.2, 0.25) is 0 Å². The maximum Gasteiger partial charge on any atom is 0.307 e. The molecule has 0 amide bonds. The number of aliphatic carboxylic acids is 1. The highest BCUT2D eigenvalue weighted by molar-refractivity contribution is 5.70. The van der Waals surface area contributed by atoms with Gasteiger partial charge < -0.3 is 5.11 Å². The van der Waals surface area contributed by atoms with E-state index < -0.39 is 5.97 Å². The summed E-state index contributed by atoms with van der Waals surface area (Å²) >= 11 is 0. The van der Waals surface area contributed by atoms with Crippen LogP contribution >= 0.6 is 0 Å². The Morgan fingerprint density at radius 2 is 1.67 bits per heavy atom. The van der Waals surface area contributed by atoms with Crippen LogP contribution in [0, 0.1) is 5.82 Å². The molecule has 21 heavy (non-hydrogen) atoms. The molecule has 0 bridgehead atoms. The molecule has 2 aromatic carbocycles. The van der Waals surface area contributed by atoms with E-state index in [0.29, 0.717) is 13.1 Å². The predicted octanol–water partition coefficient (Wildman–Crippen LogP) is 3.08. The zero-order valence-electron chi connectivity index (χ0n) is 11.9. The Balaban J connectivity index is 2.03. The van der Waals surface area contributed by atoms with Gasteiger partial charge in [-0.1, -0.05) is 36.4 Å². The number of benzene rings is 2. The summed E-state index contributed by atoms with van der Waals surface area (Å²) < 4.78 is 12.9. The highest BCUT2D eigenvalue weighted by Crippen LogP contribution is 2.14. The first-order valence-electron chi connectivity index (χ1n) is 6.76. The van der Waals surface area contributed by atoms with Crippen LogP contribution in [0.1, 0.15) is 16.7 Å². The van der Waals surface area contributed by atoms with Crippen molar-refractivity contribution in [1.29, 1.82) is 0 Å². The van der Waals surface area contributed by atoms with Crippen LogP contribution in [0.15, 0.2) is 48.5 Å². The van der Waals surface area contributed by atoms with Gasteiger partial charge >= 0.3 is 5.97 Å². The number of hydrogen-bond acceptors (Lipinski definition) is 2. The van der Waals surface area contributed by atoms with Crippen LogP contribution in [0.4, 0.5) is 4.39 Å². The largest absolute Gasteiger partial charge is 0.481 e. The maximum absolute atomic E-state index is 12.9. The van der Waals surface area contributed by atoms with Crippen LogP contribution in [0.3, 0.4) is 0 Å². The summed E-state index contributed by atoms with van der Waals surface area (Å²) in [4.78, 5) is 13.0. The Kier molecular flexibility index (Phi) is 5.06. The Hall–Kier alpha value is -2.20. The SMILES string of the molecule is CN(Cc1ccc(F)cc1)Cc1ccccc1CC(=O)O. The van der Waals surface area contributed by atoms with Crippen molar-refractivity contribution in [2.45, 2.75) is 19.5 Å². The third kappa shape index (κ3) is 4.68. The summed E-state index contributed by atoms with van der Waals surface area (Å²) in [6.45, 7) is 1.34. The molecule has 110 valence electrons. The van der Waals surface area contributed by atoms with E-state index in [1.54, 1.807) is 12.1 Å². The molecule has 0 atom stereocenters. The van der Waals surface area contributed by atoms with Gasteiger partial charge in [0.1, 0.15) is 5.82 Å². The molecule has 0 saturated carbocycles. The fourth-order valence-corrected chi connectivity index (χ4v) is 2.30. The molecule has 2 aromatic rings. The van der Waals surface area contributed by atoms with E-state index in [1.165, 1.54) is 12.1 Å². The monoisotopic (exact) mass is 287 g/mol. The van der Waals surface area contributed by atoms with Crippen LogP contribution in [-0.4, -0.2) is 23.0 Å². The summed E-state index contributed by atoms with van der Waals surface area (Å²) in [5.41, 5.74) is 2.86. The van der Waals surface area contributed by atoms with E-state index in [4.69, 9.17) is 5.11 Å². The lowest BCUT2D eigenvalue weighted by Gasteiger charge is -2.18. The van der Waals surface area contributed by atoms with Gasteiger partial charge in [-0.25, -0.2) is 4.39 Å². The molecular formula is C17H18FNO2. The molecule has 0 radical (unpaired) electrons. The molecule has 2 rings (SSSR count). The predicted molar refractivity (Wildman–Crippen MR) is 79.4 cm³/mol. The van der Waals surface area contributed by atoms with Crippen molar-refractivity contribution < 1.29 is 14.3 Å². The highest BCUT2D eigenvalue weighted by Gasteiger charge is 2.09. The third-order valence-electron chi connectivity index (χ3n) is 3.27. The molecule has 0 aliphatic carbocycles. The van der Waals surface area contributed by atoms with Crippen molar-refractivity contribution in [3.8, 4) is 0 Å². The first-order chi connectivity index (χ1) is 10.0. The van der Waals surface area contributed by atoms with E-state index in [1.807, 2.05) is 31.3 Å². The molecule has 0 heterocycles. The number of hydrogen-bond donors (Lipinski definition) is 1. The second kappa shape index (κ2) is 6.99. The van der Waals surface area contributed by atoms with Crippen LogP contribution in [0.5, 0.6) is 0 Å². The van der Waals surface area contributed by atoms with Crippen LogP contribution in [0.2, 0.25) is 0 Å². The fraction of sp³-hybridized carbons (Fsp3) is 0.235. The van der Waals surface area contributed by atoms with Crippen LogP contribution in [-0.2, 0) is 24.3 Å². The van der Waals surface area contributed by atoms with E-state index in [-0.39, 0.29) is 12.2 Å². The van der Waals surface area contributed by atoms with Crippen molar-refractivity contribution in [3.63, 3.8) is 0 Å². The number of carboxylic acids is 1. The third-order valence-corrected chi connectivity index (χ3v) is 3.27. The first-order valence-corrected chi connectivity index (χ1v) is 6.76. The zero-order chi connectivity index (χ0) is 15.2. The van der Waals surface area contributed by atoms with Gasteiger partial charge in [-0.15, -0.1) is 0 Å². The normalized spacial score (nSPS) is 10.8. The second-order valence-electron chi connectivity index (χ2n) is 5.14. The van der Waals surface area contributed by atoms with Gasteiger partial charge in [0, 0.05) is 13.1 Å². The maximum atomic E-state index is 12.9. The Bertz CT molecular complexity index is 610. The van der Waals surface area contributed by atoms with E-state index in [9.17, 15) is 9.18 Å². The standard InChI is InChI=1S/C17H18FNO2/c1-19(11-13-6-8-16(18)9-7-13)12-15-5-3-2-4-14(15)10-17(20)21/h2-9H,10-12H2,1H3,(H,20,21). The van der Waals surface area contributed by atoms with E-state index in [2.05, 4.69) is 4.90 Å². The quantitative estimate of drug-likeness (QED) is 0.887. The number of carboxylic acid groups (broad SMARTS) is 1. The zero-order valence-corrected chi connectivity index (χ0v) is 11.9. The molecule has 0 saturated heterocycles. The molecule has 0 spiro atoms. The Morgan fingerprint density at radius 1 is 1.05 bits per heavy atom. The van der Waals surface area contributed by atoms with Crippen molar-refractivity contribution in [3.05, 3.63) is 71.0 Å². The second-order valence-corrected chi connectivity index (χ2v) is 5.14. The van der Waals surface area contributed by atoms with E-state index in [0.717, 1.165) is 16.7 Å². The minimum absolute atomic E-state index is 0.0283. The van der Waals surface area contributed by atoms with E-state index >= 15 is 0 Å². The topological polar surface area (TPSA) is 40.5 Å². The summed E-state index contributed by atoms with van der Waals surface area (Å²) in [7, 11) is 1.96. The molecule has 0 fully saturated rings. The van der Waals surface area contributed by atoms with Gasteiger partial charge in [-0.05, 0) is 35.9 Å². The van der Waals surface area contributed by atoms with Crippen LogP contribution < -0.4 is 0 Å². The summed E-state index contributed by atoms with van der Waals surface area (Å²) in [6.07, 6.45) is 0.0283. The van der Waals surface area contributed by atoms with Crippen LogP contribution in [0.25, 0.3) is 0 Å². The number of carbonyl (C=O) groups is 1. The molecule has 3 nitrogen and oxygen atoms in total. The summed E-state index contributed by atoms with van der Waals surface area (Å²) in [6, 6.07) is 14.0. The fourth-order valence-electron chi connectivity index (χ4n) is 2.30. The lowest BCUT2D eigenvalue weighted by Crippen LogP contribution is -2.18. The van der Waals surface area contributed by atoms with Crippen molar-refractivity contribution in [1.82, 2.24) is 4.90 Å². The average molecular weight is 287 g/mol. The average Bonchev–Trinajstić information content (AvgIpc) is 2.43. The highest BCUT2D eigenvalue weighted by atomic mass is 19.1. The Labute approximate surface area is 123 Å². The summed E-state index contributed by atoms with van der Waals surface area (Å²) in [5, 5.41) is 8.94. The van der Waals surface area contributed by atoms with Gasteiger partial charge in [-0.3, -0.25) is 9.69 Å². The molecule has 0 unspecified atom stereocenters. The number of rotatable bonds is 6. The van der Waals surface area contributed by atoms with Gasteiger partial charge in [0.05, 0.1) is 6.42 Å². The molecule has 0 aliphatic heterocycles. The minimum Gasteiger partial charge on any atom is -0.481 e. The van der Waals surface area contributed by atoms with Crippen molar-refractivity contribution >= 4 is 5.97 Å². The molecule has 1 N–H and O–H groups in total. The van der Waals surface area contributed by atoms with Crippen molar-refractivity contribution in [2.24, 2.45) is 0 Å². The van der Waals surface area contributed by atoms with Gasteiger partial charge in [0.15, 0.2) is 0 Å². The minimum atomic E-state index is -0.830.